The van der Waals surface area contributed by atoms with Crippen LogP contribution in [0.15, 0.2) is 18.3 Å². The fourth-order valence-electron chi connectivity index (χ4n) is 2.10. The normalized spacial score (nSPS) is 15.9. The minimum atomic E-state index is -0.0501. The summed E-state index contributed by atoms with van der Waals surface area (Å²) in [6, 6.07) is 3.35. The third-order valence-electron chi connectivity index (χ3n) is 3.24. The van der Waals surface area contributed by atoms with E-state index in [2.05, 4.69) is 9.88 Å². The van der Waals surface area contributed by atoms with E-state index < -0.39 is 0 Å². The van der Waals surface area contributed by atoms with Gasteiger partial charge in [-0.3, -0.25) is 4.79 Å². The quantitative estimate of drug-likeness (QED) is 0.836. The van der Waals surface area contributed by atoms with Crippen molar-refractivity contribution in [3.8, 4) is 0 Å². The number of amides is 1. The second-order valence-corrected chi connectivity index (χ2v) is 5.07. The van der Waals surface area contributed by atoms with Crippen molar-refractivity contribution in [1.29, 1.82) is 0 Å². The summed E-state index contributed by atoms with van der Waals surface area (Å²) in [6.45, 7) is 3.99. The van der Waals surface area contributed by atoms with Crippen LogP contribution in [0.1, 0.15) is 23.3 Å². The maximum Gasteiger partial charge on any atom is 0.272 e. The van der Waals surface area contributed by atoms with Gasteiger partial charge in [-0.25, -0.2) is 4.98 Å². The molecule has 98 valence electrons. The van der Waals surface area contributed by atoms with Crippen LogP contribution in [0, 0.1) is 0 Å². The van der Waals surface area contributed by atoms with Gasteiger partial charge in [-0.1, -0.05) is 11.6 Å². The van der Waals surface area contributed by atoms with Crippen molar-refractivity contribution in [1.82, 2.24) is 14.8 Å². The third-order valence-corrected chi connectivity index (χ3v) is 3.47. The van der Waals surface area contributed by atoms with Crippen molar-refractivity contribution in [3.05, 3.63) is 29.0 Å². The Kier molecular flexibility index (Phi) is 4.55. The number of aromatic nitrogens is 1. The summed E-state index contributed by atoms with van der Waals surface area (Å²) < 4.78 is 0. The van der Waals surface area contributed by atoms with Crippen LogP contribution in [0.4, 0.5) is 0 Å². The van der Waals surface area contributed by atoms with Gasteiger partial charge in [-0.15, -0.1) is 0 Å². The van der Waals surface area contributed by atoms with E-state index in [1.165, 1.54) is 19.0 Å². The van der Waals surface area contributed by atoms with Gasteiger partial charge in [0.15, 0.2) is 0 Å². The molecule has 0 bridgehead atoms. The molecular weight excluding hydrogens is 250 g/mol. The van der Waals surface area contributed by atoms with Gasteiger partial charge in [0.1, 0.15) is 5.69 Å². The molecule has 1 aromatic rings. The Balaban J connectivity index is 1.85. The lowest BCUT2D eigenvalue weighted by Gasteiger charge is -2.21. The van der Waals surface area contributed by atoms with Crippen LogP contribution in [0.25, 0.3) is 0 Å². The van der Waals surface area contributed by atoms with Crippen molar-refractivity contribution in [2.45, 2.75) is 12.8 Å². The molecule has 1 aliphatic rings. The highest BCUT2D eigenvalue weighted by molar-refractivity contribution is 6.30. The van der Waals surface area contributed by atoms with Gasteiger partial charge in [-0.2, -0.15) is 0 Å². The number of hydrogen-bond donors (Lipinski definition) is 0. The van der Waals surface area contributed by atoms with Crippen LogP contribution < -0.4 is 0 Å². The summed E-state index contributed by atoms with van der Waals surface area (Å²) in [5, 5.41) is 0.547. The maximum atomic E-state index is 12.1. The zero-order valence-electron chi connectivity index (χ0n) is 10.6. The lowest BCUT2D eigenvalue weighted by atomic mass is 10.3. The molecule has 0 aromatic carbocycles. The lowest BCUT2D eigenvalue weighted by Crippen LogP contribution is -2.35. The predicted molar refractivity (Wildman–Crippen MR) is 71.9 cm³/mol. The number of rotatable bonds is 4. The van der Waals surface area contributed by atoms with Gasteiger partial charge >= 0.3 is 0 Å². The van der Waals surface area contributed by atoms with E-state index in [1.807, 2.05) is 7.05 Å². The molecule has 1 aliphatic heterocycles. The van der Waals surface area contributed by atoms with Gasteiger partial charge in [0.25, 0.3) is 5.91 Å². The number of hydrogen-bond acceptors (Lipinski definition) is 3. The van der Waals surface area contributed by atoms with Crippen molar-refractivity contribution < 1.29 is 4.79 Å². The SMILES string of the molecule is CN(CCN1CCCC1)C(=O)c1ccc(Cl)cn1. The molecule has 4 nitrogen and oxygen atoms in total. The van der Waals surface area contributed by atoms with Gasteiger partial charge < -0.3 is 9.80 Å². The average molecular weight is 268 g/mol. The largest absolute Gasteiger partial charge is 0.339 e. The molecule has 0 saturated carbocycles. The van der Waals surface area contributed by atoms with Crippen LogP contribution in [0.5, 0.6) is 0 Å². The second kappa shape index (κ2) is 6.16. The van der Waals surface area contributed by atoms with Crippen molar-refractivity contribution in [3.63, 3.8) is 0 Å². The number of carbonyl (C=O) groups excluding carboxylic acids is 1. The summed E-state index contributed by atoms with van der Waals surface area (Å²) in [5.74, 6) is -0.0501. The molecule has 2 rings (SSSR count). The van der Waals surface area contributed by atoms with E-state index in [4.69, 9.17) is 11.6 Å². The Hall–Kier alpha value is -1.13. The molecule has 1 fully saturated rings. The number of nitrogens with zero attached hydrogens (tertiary/aromatic N) is 3. The van der Waals surface area contributed by atoms with Gasteiger partial charge in [0, 0.05) is 26.3 Å². The molecule has 1 amide bonds. The van der Waals surface area contributed by atoms with Crippen molar-refractivity contribution in [2.24, 2.45) is 0 Å². The second-order valence-electron chi connectivity index (χ2n) is 4.64. The first-order chi connectivity index (χ1) is 8.66. The van der Waals surface area contributed by atoms with Gasteiger partial charge in [-0.05, 0) is 38.1 Å². The van der Waals surface area contributed by atoms with E-state index in [0.29, 0.717) is 10.7 Å². The summed E-state index contributed by atoms with van der Waals surface area (Å²) >= 11 is 5.75. The average Bonchev–Trinajstić information content (AvgIpc) is 2.89. The molecule has 1 saturated heterocycles. The molecule has 18 heavy (non-hydrogen) atoms. The number of likely N-dealkylation sites (N-methyl/N-ethyl adjacent to an activating group) is 1. The zero-order valence-corrected chi connectivity index (χ0v) is 11.4. The fraction of sp³-hybridized carbons (Fsp3) is 0.538. The van der Waals surface area contributed by atoms with E-state index in [0.717, 1.165) is 26.2 Å². The number of halogens is 1. The fourth-order valence-corrected chi connectivity index (χ4v) is 2.21. The van der Waals surface area contributed by atoms with E-state index in [1.54, 1.807) is 17.0 Å². The highest BCUT2D eigenvalue weighted by Gasteiger charge is 2.16. The van der Waals surface area contributed by atoms with Crippen molar-refractivity contribution >= 4 is 17.5 Å². The Morgan fingerprint density at radius 2 is 2.17 bits per heavy atom. The summed E-state index contributed by atoms with van der Waals surface area (Å²) in [6.07, 6.45) is 4.05. The Bertz CT molecular complexity index is 401. The standard InChI is InChI=1S/C13H18ClN3O/c1-16(8-9-17-6-2-3-7-17)13(18)12-5-4-11(14)10-15-12/h4-5,10H,2-3,6-9H2,1H3. The molecule has 0 aliphatic carbocycles. The first-order valence-corrected chi connectivity index (χ1v) is 6.64. The van der Waals surface area contributed by atoms with Gasteiger partial charge in [0.05, 0.1) is 5.02 Å². The Morgan fingerprint density at radius 1 is 1.44 bits per heavy atom. The topological polar surface area (TPSA) is 36.4 Å². The Labute approximate surface area is 113 Å². The van der Waals surface area contributed by atoms with Crippen molar-refractivity contribution in [2.75, 3.05) is 33.2 Å². The monoisotopic (exact) mass is 267 g/mol. The molecule has 0 spiro atoms. The number of carbonyl (C=O) groups is 1. The number of likely N-dealkylation sites (tertiary alicyclic amines) is 1. The highest BCUT2D eigenvalue weighted by atomic mass is 35.5. The molecule has 0 radical (unpaired) electrons. The van der Waals surface area contributed by atoms with Crippen LogP contribution in [-0.4, -0.2) is 53.9 Å². The molecule has 2 heterocycles. The predicted octanol–water partition coefficient (Wildman–Crippen LogP) is 1.90. The Morgan fingerprint density at radius 3 is 2.78 bits per heavy atom. The van der Waals surface area contributed by atoms with Gasteiger partial charge in [0.2, 0.25) is 0 Å². The van der Waals surface area contributed by atoms with Crippen LogP contribution in [0.2, 0.25) is 5.02 Å². The third kappa shape index (κ3) is 3.43. The smallest absolute Gasteiger partial charge is 0.272 e. The first kappa shape index (κ1) is 13.3. The molecule has 0 atom stereocenters. The number of pyridine rings is 1. The van der Waals surface area contributed by atoms with Crippen LogP contribution in [-0.2, 0) is 0 Å². The molecule has 0 N–H and O–H groups in total. The minimum absolute atomic E-state index is 0.0501. The van der Waals surface area contributed by atoms with Crippen LogP contribution >= 0.6 is 11.6 Å². The molecule has 0 unspecified atom stereocenters. The minimum Gasteiger partial charge on any atom is -0.339 e. The summed E-state index contributed by atoms with van der Waals surface area (Å²) in [5.41, 5.74) is 0.448. The highest BCUT2D eigenvalue weighted by Crippen LogP contribution is 2.09. The van der Waals surface area contributed by atoms with E-state index >= 15 is 0 Å². The zero-order chi connectivity index (χ0) is 13.0. The summed E-state index contributed by atoms with van der Waals surface area (Å²) in [4.78, 5) is 20.2. The maximum absolute atomic E-state index is 12.1. The van der Waals surface area contributed by atoms with Crippen LogP contribution in [0.3, 0.4) is 0 Å². The van der Waals surface area contributed by atoms with E-state index in [-0.39, 0.29) is 5.91 Å². The first-order valence-electron chi connectivity index (χ1n) is 6.26. The lowest BCUT2D eigenvalue weighted by molar-refractivity contribution is 0.0776. The summed E-state index contributed by atoms with van der Waals surface area (Å²) in [7, 11) is 1.81. The van der Waals surface area contributed by atoms with E-state index in [9.17, 15) is 4.79 Å². The molecule has 1 aromatic heterocycles. The molecular formula is C13H18ClN3O. The molecule has 5 heteroatoms.